The summed E-state index contributed by atoms with van der Waals surface area (Å²) in [4.78, 5) is 13.0. The van der Waals surface area contributed by atoms with Crippen LogP contribution in [0, 0.1) is 13.8 Å². The molecule has 0 fully saturated rings. The molecular weight excluding hydrogens is 420 g/mol. The number of sulfonamides is 1. The van der Waals surface area contributed by atoms with Gasteiger partial charge in [0.2, 0.25) is 0 Å². The highest BCUT2D eigenvalue weighted by molar-refractivity contribution is 7.92. The van der Waals surface area contributed by atoms with Crippen LogP contribution in [0.15, 0.2) is 65.6 Å². The quantitative estimate of drug-likeness (QED) is 0.552. The highest BCUT2D eigenvalue weighted by Gasteiger charge is 2.21. The molecule has 5 nitrogen and oxygen atoms in total. The molecule has 1 aliphatic rings. The van der Waals surface area contributed by atoms with Crippen LogP contribution >= 0.6 is 0 Å². The lowest BCUT2D eigenvalue weighted by molar-refractivity contribution is 0.0939. The summed E-state index contributed by atoms with van der Waals surface area (Å²) in [5, 5.41) is 3.00. The molecule has 4 rings (SSSR count). The van der Waals surface area contributed by atoms with Crippen LogP contribution in [0.25, 0.3) is 0 Å². The predicted molar refractivity (Wildman–Crippen MR) is 128 cm³/mol. The van der Waals surface area contributed by atoms with Gasteiger partial charge in [-0.25, -0.2) is 8.42 Å². The fraction of sp³-hybridized carbons (Fsp3) is 0.269. The van der Waals surface area contributed by atoms with Gasteiger partial charge in [-0.2, -0.15) is 0 Å². The Morgan fingerprint density at radius 1 is 0.906 bits per heavy atom. The highest BCUT2D eigenvalue weighted by Crippen LogP contribution is 2.26. The zero-order chi connectivity index (χ0) is 22.9. The zero-order valence-electron chi connectivity index (χ0n) is 18.6. The van der Waals surface area contributed by atoms with Gasteiger partial charge in [-0.15, -0.1) is 0 Å². The van der Waals surface area contributed by atoms with Crippen LogP contribution in [0.2, 0.25) is 0 Å². The monoisotopic (exact) mass is 448 g/mol. The van der Waals surface area contributed by atoms with Gasteiger partial charge in [0.15, 0.2) is 0 Å². The van der Waals surface area contributed by atoms with Gasteiger partial charge < -0.3 is 5.32 Å². The molecule has 0 unspecified atom stereocenters. The molecule has 3 aromatic rings. The molecule has 1 amide bonds. The minimum absolute atomic E-state index is 0.0934. The molecule has 0 saturated carbocycles. The van der Waals surface area contributed by atoms with Crippen LogP contribution in [-0.4, -0.2) is 14.3 Å². The van der Waals surface area contributed by atoms with E-state index in [-0.39, 0.29) is 16.8 Å². The molecule has 1 atom stereocenters. The average Bonchev–Trinajstić information content (AvgIpc) is 3.23. The van der Waals surface area contributed by atoms with Gasteiger partial charge >= 0.3 is 0 Å². The third kappa shape index (κ3) is 4.70. The topological polar surface area (TPSA) is 75.3 Å². The Kier molecular flexibility index (Phi) is 6.07. The number of hydrogen-bond donors (Lipinski definition) is 2. The second-order valence-corrected chi connectivity index (χ2v) is 10.2. The van der Waals surface area contributed by atoms with E-state index in [9.17, 15) is 13.2 Å². The molecule has 166 valence electrons. The van der Waals surface area contributed by atoms with Gasteiger partial charge in [-0.3, -0.25) is 9.52 Å². The van der Waals surface area contributed by atoms with Crippen LogP contribution in [0.3, 0.4) is 0 Å². The largest absolute Gasteiger partial charge is 0.346 e. The minimum Gasteiger partial charge on any atom is -0.346 e. The highest BCUT2D eigenvalue weighted by atomic mass is 32.2. The van der Waals surface area contributed by atoms with Crippen LogP contribution in [-0.2, 0) is 22.9 Å². The van der Waals surface area contributed by atoms with E-state index < -0.39 is 10.0 Å². The van der Waals surface area contributed by atoms with E-state index in [1.54, 1.807) is 31.2 Å². The van der Waals surface area contributed by atoms with Crippen LogP contribution in [0.1, 0.15) is 57.6 Å². The molecule has 0 aliphatic heterocycles. The van der Waals surface area contributed by atoms with Gasteiger partial charge in [-0.05, 0) is 86.6 Å². The van der Waals surface area contributed by atoms with Crippen molar-refractivity contribution in [2.75, 3.05) is 4.72 Å². The number of carbonyl (C=O) groups excluding carboxylic acids is 1. The van der Waals surface area contributed by atoms with Crippen LogP contribution in [0.4, 0.5) is 5.69 Å². The maximum atomic E-state index is 13.0. The number of anilines is 1. The number of benzene rings is 3. The van der Waals surface area contributed by atoms with Crippen LogP contribution < -0.4 is 10.0 Å². The first-order chi connectivity index (χ1) is 15.2. The fourth-order valence-corrected chi connectivity index (χ4v) is 5.42. The van der Waals surface area contributed by atoms with Crippen molar-refractivity contribution in [3.63, 3.8) is 0 Å². The smallest absolute Gasteiger partial charge is 0.262 e. The minimum atomic E-state index is -3.83. The third-order valence-electron chi connectivity index (χ3n) is 6.01. The molecule has 3 aromatic carbocycles. The standard InChI is InChI=1S/C26H28N2O3S/c1-17-7-13-24(14-8-17)28-32(30,31)25-16-23(10-9-18(25)2)26(29)27-19(3)21-12-11-20-5-4-6-22(20)15-21/h7-16,19,28H,4-6H2,1-3H3,(H,27,29)/t19-/m0/s1. The maximum Gasteiger partial charge on any atom is 0.262 e. The normalized spacial score (nSPS) is 14.0. The summed E-state index contributed by atoms with van der Waals surface area (Å²) in [6, 6.07) is 18.1. The van der Waals surface area contributed by atoms with Crippen molar-refractivity contribution in [1.29, 1.82) is 0 Å². The summed E-state index contributed by atoms with van der Waals surface area (Å²) < 4.78 is 28.6. The number of nitrogens with one attached hydrogen (secondary N) is 2. The number of amides is 1. The number of fused-ring (bicyclic) bond motifs is 1. The van der Waals surface area contributed by atoms with Gasteiger partial charge in [-0.1, -0.05) is 42.0 Å². The van der Waals surface area contributed by atoms with E-state index in [2.05, 4.69) is 28.2 Å². The molecule has 0 heterocycles. The molecule has 0 radical (unpaired) electrons. The fourth-order valence-electron chi connectivity index (χ4n) is 4.09. The van der Waals surface area contributed by atoms with Crippen LogP contribution in [0.5, 0.6) is 0 Å². The Morgan fingerprint density at radius 2 is 1.62 bits per heavy atom. The number of aryl methyl sites for hydroxylation is 4. The number of rotatable bonds is 6. The van der Waals surface area contributed by atoms with Crippen molar-refractivity contribution in [1.82, 2.24) is 5.32 Å². The summed E-state index contributed by atoms with van der Waals surface area (Å²) in [6.07, 6.45) is 3.38. The summed E-state index contributed by atoms with van der Waals surface area (Å²) in [6.45, 7) is 5.60. The average molecular weight is 449 g/mol. The van der Waals surface area contributed by atoms with E-state index >= 15 is 0 Å². The lowest BCUT2D eigenvalue weighted by Crippen LogP contribution is -2.27. The van der Waals surface area contributed by atoms with E-state index in [1.165, 1.54) is 23.6 Å². The van der Waals surface area contributed by atoms with Gasteiger partial charge in [0, 0.05) is 11.3 Å². The first kappa shape index (κ1) is 22.1. The van der Waals surface area contributed by atoms with Gasteiger partial charge in [0.25, 0.3) is 15.9 Å². The Balaban J connectivity index is 1.53. The summed E-state index contributed by atoms with van der Waals surface area (Å²) in [5.74, 6) is -0.301. The molecule has 1 aliphatic carbocycles. The summed E-state index contributed by atoms with van der Waals surface area (Å²) >= 11 is 0. The SMILES string of the molecule is Cc1ccc(NS(=O)(=O)c2cc(C(=O)N[C@@H](C)c3ccc4c(c3)CCC4)ccc2C)cc1. The zero-order valence-corrected chi connectivity index (χ0v) is 19.4. The van der Waals surface area contributed by atoms with Crippen molar-refractivity contribution in [3.8, 4) is 0 Å². The van der Waals surface area contributed by atoms with Crippen molar-refractivity contribution >= 4 is 21.6 Å². The van der Waals surface area contributed by atoms with E-state index in [4.69, 9.17) is 0 Å². The second kappa shape index (κ2) is 8.79. The Morgan fingerprint density at radius 3 is 2.38 bits per heavy atom. The van der Waals surface area contributed by atoms with Crippen molar-refractivity contribution in [2.24, 2.45) is 0 Å². The molecule has 0 saturated heterocycles. The molecule has 2 N–H and O–H groups in total. The lowest BCUT2D eigenvalue weighted by Gasteiger charge is -2.17. The molecule has 0 bridgehead atoms. The van der Waals surface area contributed by atoms with Crippen molar-refractivity contribution in [3.05, 3.63) is 94.0 Å². The first-order valence-electron chi connectivity index (χ1n) is 10.9. The maximum absolute atomic E-state index is 13.0. The molecule has 0 aromatic heterocycles. The van der Waals surface area contributed by atoms with E-state index in [0.29, 0.717) is 16.8 Å². The molecular formula is C26H28N2O3S. The second-order valence-electron chi connectivity index (χ2n) is 8.53. The lowest BCUT2D eigenvalue weighted by atomic mass is 10.0. The number of hydrogen-bond acceptors (Lipinski definition) is 3. The predicted octanol–water partition coefficient (Wildman–Crippen LogP) is 5.08. The number of carbonyl (C=O) groups is 1. The third-order valence-corrected chi connectivity index (χ3v) is 7.54. The summed E-state index contributed by atoms with van der Waals surface area (Å²) in [5.41, 5.74) is 6.22. The Hall–Kier alpha value is -3.12. The Bertz CT molecular complexity index is 1260. The van der Waals surface area contributed by atoms with E-state index in [0.717, 1.165) is 24.0 Å². The van der Waals surface area contributed by atoms with Gasteiger partial charge in [0.05, 0.1) is 10.9 Å². The molecule has 32 heavy (non-hydrogen) atoms. The van der Waals surface area contributed by atoms with Crippen molar-refractivity contribution < 1.29 is 13.2 Å². The Labute approximate surface area is 189 Å². The summed E-state index contributed by atoms with van der Waals surface area (Å²) in [7, 11) is -3.83. The molecule has 0 spiro atoms. The van der Waals surface area contributed by atoms with Gasteiger partial charge in [0.1, 0.15) is 0 Å². The van der Waals surface area contributed by atoms with Crippen molar-refractivity contribution in [2.45, 2.75) is 51.0 Å². The molecule has 6 heteroatoms. The first-order valence-corrected chi connectivity index (χ1v) is 12.3. The van der Waals surface area contributed by atoms with E-state index in [1.807, 2.05) is 26.0 Å².